The summed E-state index contributed by atoms with van der Waals surface area (Å²) in [5.41, 5.74) is 6.49. The summed E-state index contributed by atoms with van der Waals surface area (Å²) in [6.45, 7) is 9.68. The van der Waals surface area contributed by atoms with E-state index in [1.807, 2.05) is 0 Å². The summed E-state index contributed by atoms with van der Waals surface area (Å²) in [7, 11) is 0. The highest BCUT2D eigenvalue weighted by molar-refractivity contribution is 7.72. The van der Waals surface area contributed by atoms with Crippen LogP contribution in [0.1, 0.15) is 25.5 Å². The van der Waals surface area contributed by atoms with Crippen LogP contribution in [0, 0.1) is 0 Å². The molecular weight excluding hydrogens is 579 g/mol. The van der Waals surface area contributed by atoms with Crippen molar-refractivity contribution in [2.24, 2.45) is 5.73 Å². The third kappa shape index (κ3) is 12.7. The average Bonchev–Trinajstić information content (AvgIpc) is 3.53. The van der Waals surface area contributed by atoms with Gasteiger partial charge in [-0.1, -0.05) is 0 Å². The first-order valence-corrected chi connectivity index (χ1v) is 18.1. The molecule has 246 valence electrons. The highest BCUT2D eigenvalue weighted by Crippen LogP contribution is 2.40. The van der Waals surface area contributed by atoms with Gasteiger partial charge in [0.1, 0.15) is 18.5 Å². The Kier molecular flexibility index (Phi) is 16.3. The van der Waals surface area contributed by atoms with Crippen LogP contribution in [0.25, 0.3) is 11.2 Å². The Balaban J connectivity index is 1.25. The smallest absolute Gasteiger partial charge is 0.167 e. The lowest BCUT2D eigenvalue weighted by molar-refractivity contribution is -0.0353. The maximum absolute atomic E-state index is 10.7. The molecule has 0 bridgehead atoms. The van der Waals surface area contributed by atoms with E-state index < -0.39 is 31.4 Å². The van der Waals surface area contributed by atoms with Gasteiger partial charge in [-0.25, -0.2) is 15.0 Å². The Morgan fingerprint density at radius 2 is 1.47 bits per heavy atom. The molecular formula is C28H51N6O8P. The summed E-state index contributed by atoms with van der Waals surface area (Å²) in [5, 5.41) is 24.6. The monoisotopic (exact) mass is 630 g/mol. The Hall–Kier alpha value is -1.71. The fourth-order valence-electron chi connectivity index (χ4n) is 4.39. The van der Waals surface area contributed by atoms with Crippen molar-refractivity contribution in [3.63, 3.8) is 0 Å². The summed E-state index contributed by atoms with van der Waals surface area (Å²) < 4.78 is 35.1. The van der Waals surface area contributed by atoms with E-state index in [0.29, 0.717) is 103 Å². The molecule has 0 saturated carbocycles. The standard InChI is InChI=1S/C28H51N6O8P/c1-43(2,3)19-6-22-24(35)25(36)28(42-22)34-21-33-23-26(31-20-32-27(23)34)30-8-5-10-38-12-14-40-16-18-41-17-15-39-13-11-37-9-4-7-29/h20-22,24-25,28,35-36H,1,4-19,29H2,2-3H3,(H,30,31,32)/t22-,24-,25-,28?/m1/s1. The zero-order chi connectivity index (χ0) is 30.9. The van der Waals surface area contributed by atoms with E-state index in [1.54, 1.807) is 10.9 Å². The lowest BCUT2D eigenvalue weighted by Crippen LogP contribution is -2.31. The van der Waals surface area contributed by atoms with Crippen LogP contribution in [0.4, 0.5) is 5.82 Å². The van der Waals surface area contributed by atoms with Gasteiger partial charge >= 0.3 is 0 Å². The van der Waals surface area contributed by atoms with Crippen LogP contribution in [0.5, 0.6) is 0 Å². The number of rotatable bonds is 24. The first kappa shape index (κ1) is 35.8. The van der Waals surface area contributed by atoms with Crippen molar-refractivity contribution in [3.05, 3.63) is 12.7 Å². The van der Waals surface area contributed by atoms with Crippen molar-refractivity contribution < 1.29 is 38.6 Å². The first-order valence-electron chi connectivity index (χ1n) is 15.0. The van der Waals surface area contributed by atoms with Crippen molar-refractivity contribution in [2.75, 3.05) is 104 Å². The maximum Gasteiger partial charge on any atom is 0.167 e. The second-order valence-corrected chi connectivity index (χ2v) is 15.3. The molecule has 0 amide bonds. The molecule has 1 aliphatic rings. The summed E-state index contributed by atoms with van der Waals surface area (Å²) in [6, 6.07) is 0. The van der Waals surface area contributed by atoms with E-state index in [2.05, 4.69) is 39.9 Å². The minimum Gasteiger partial charge on any atom is -0.388 e. The van der Waals surface area contributed by atoms with Crippen molar-refractivity contribution in [1.82, 2.24) is 19.5 Å². The molecule has 0 aliphatic carbocycles. The number of fused-ring (bicyclic) bond motifs is 1. The predicted molar refractivity (Wildman–Crippen MR) is 167 cm³/mol. The summed E-state index contributed by atoms with van der Waals surface area (Å²) in [4.78, 5) is 13.1. The Labute approximate surface area is 254 Å². The van der Waals surface area contributed by atoms with Crippen molar-refractivity contribution >= 4 is 30.2 Å². The quantitative estimate of drug-likeness (QED) is 0.0946. The van der Waals surface area contributed by atoms with Gasteiger partial charge in [-0.3, -0.25) is 4.57 Å². The van der Waals surface area contributed by atoms with Crippen LogP contribution < -0.4 is 11.1 Å². The Bertz CT molecular complexity index is 1090. The second-order valence-electron chi connectivity index (χ2n) is 11.0. The number of anilines is 1. The molecule has 43 heavy (non-hydrogen) atoms. The number of hydrogen-bond acceptors (Lipinski definition) is 13. The highest BCUT2D eigenvalue weighted by atomic mass is 31.2. The zero-order valence-electron chi connectivity index (χ0n) is 25.6. The van der Waals surface area contributed by atoms with Gasteiger partial charge in [-0.05, 0) is 45.3 Å². The molecule has 2 aromatic rings. The van der Waals surface area contributed by atoms with Crippen LogP contribution in [-0.2, 0) is 28.4 Å². The van der Waals surface area contributed by atoms with Crippen LogP contribution in [0.3, 0.4) is 0 Å². The fraction of sp³-hybridized carbons (Fsp3) is 0.786. The van der Waals surface area contributed by atoms with Crippen molar-refractivity contribution in [1.29, 1.82) is 0 Å². The van der Waals surface area contributed by atoms with E-state index in [9.17, 15) is 10.2 Å². The van der Waals surface area contributed by atoms with Crippen molar-refractivity contribution in [3.8, 4) is 0 Å². The van der Waals surface area contributed by atoms with Crippen LogP contribution in [0.15, 0.2) is 12.7 Å². The van der Waals surface area contributed by atoms with Gasteiger partial charge in [0.15, 0.2) is 23.2 Å². The van der Waals surface area contributed by atoms with Gasteiger partial charge in [0, 0.05) is 19.8 Å². The lowest BCUT2D eigenvalue weighted by Gasteiger charge is -2.18. The number of aliphatic hydroxyl groups is 2. The molecule has 15 heteroatoms. The van der Waals surface area contributed by atoms with E-state index in [0.717, 1.165) is 19.0 Å². The molecule has 1 aliphatic heterocycles. The van der Waals surface area contributed by atoms with Gasteiger partial charge in [0.25, 0.3) is 0 Å². The van der Waals surface area contributed by atoms with Crippen LogP contribution in [-0.4, -0.2) is 153 Å². The SMILES string of the molecule is C=P(C)(C)CC[C@H]1OC(n2cnc3c(NCCCOCCOCCOCCOCCOCCCN)ncnc32)[C@H](O)[C@@H]1O. The minimum atomic E-state index is -1.27. The van der Waals surface area contributed by atoms with E-state index in [1.165, 1.54) is 6.33 Å². The lowest BCUT2D eigenvalue weighted by atomic mass is 10.1. The molecule has 1 fully saturated rings. The third-order valence-corrected chi connectivity index (χ3v) is 8.20. The predicted octanol–water partition coefficient (Wildman–Crippen LogP) is 0.779. The van der Waals surface area contributed by atoms with Gasteiger partial charge in [0.2, 0.25) is 0 Å². The number of aromatic nitrogens is 4. The summed E-state index contributed by atoms with van der Waals surface area (Å²) >= 11 is 0. The van der Waals surface area contributed by atoms with Crippen LogP contribution >= 0.6 is 6.89 Å². The number of nitrogens with one attached hydrogen (secondary N) is 1. The molecule has 3 heterocycles. The first-order chi connectivity index (χ1) is 20.8. The molecule has 3 rings (SSSR count). The molecule has 1 unspecified atom stereocenters. The van der Waals surface area contributed by atoms with Crippen LogP contribution in [0.2, 0.25) is 0 Å². The highest BCUT2D eigenvalue weighted by Gasteiger charge is 2.44. The summed E-state index contributed by atoms with van der Waals surface area (Å²) in [5.74, 6) is 0.585. The summed E-state index contributed by atoms with van der Waals surface area (Å²) in [6.07, 6.45) is 7.04. The van der Waals surface area contributed by atoms with E-state index in [-0.39, 0.29) is 0 Å². The molecule has 1 saturated heterocycles. The number of nitrogens with zero attached hydrogens (tertiary/aromatic N) is 4. The number of aliphatic hydroxyl groups excluding tert-OH is 2. The van der Waals surface area contributed by atoms with Crippen molar-refractivity contribution in [2.45, 2.75) is 43.8 Å². The third-order valence-electron chi connectivity index (χ3n) is 6.73. The normalized spacial score (nSPS) is 20.8. The van der Waals surface area contributed by atoms with Gasteiger partial charge in [-0.15, -0.1) is 13.2 Å². The maximum atomic E-state index is 10.7. The largest absolute Gasteiger partial charge is 0.388 e. The Morgan fingerprint density at radius 1 is 0.884 bits per heavy atom. The fourth-order valence-corrected chi connectivity index (χ4v) is 5.34. The molecule has 0 spiro atoms. The minimum absolute atomic E-state index is 0.468. The van der Waals surface area contributed by atoms with E-state index in [4.69, 9.17) is 34.2 Å². The topological polar surface area (TPSA) is 177 Å². The van der Waals surface area contributed by atoms with Gasteiger partial charge < -0.3 is 49.7 Å². The molecule has 0 radical (unpaired) electrons. The number of imidazole rings is 1. The average molecular weight is 631 g/mol. The Morgan fingerprint density at radius 3 is 2.05 bits per heavy atom. The number of nitrogens with two attached hydrogens (primary N) is 1. The van der Waals surface area contributed by atoms with Gasteiger partial charge in [0.05, 0.1) is 65.3 Å². The molecule has 14 nitrogen and oxygen atoms in total. The molecule has 4 atom stereocenters. The zero-order valence-corrected chi connectivity index (χ0v) is 26.5. The molecule has 5 N–H and O–H groups in total. The number of hydrogen-bond donors (Lipinski definition) is 4. The molecule has 2 aromatic heterocycles. The van der Waals surface area contributed by atoms with E-state index >= 15 is 0 Å². The molecule has 0 aromatic carbocycles. The van der Waals surface area contributed by atoms with Gasteiger partial charge in [-0.2, -0.15) is 0 Å². The second kappa shape index (κ2) is 19.6. The number of ether oxygens (including phenoxy) is 6.